The molecule has 0 unspecified atom stereocenters. The molecular formula is C7H14N2O2. The average Bonchev–Trinajstić information content (AvgIpc) is 2.52. The number of oxime groups is 1. The van der Waals surface area contributed by atoms with Gasteiger partial charge in [0.15, 0.2) is 0 Å². The summed E-state index contributed by atoms with van der Waals surface area (Å²) in [6.07, 6.45) is 2.12. The van der Waals surface area contributed by atoms with Crippen molar-refractivity contribution in [3.63, 3.8) is 0 Å². The SMILES string of the molecule is CCO/C(=N/O)[C@@H]1CCCN1. The smallest absolute Gasteiger partial charge is 0.242 e. The molecule has 11 heavy (non-hydrogen) atoms. The van der Waals surface area contributed by atoms with Crippen LogP contribution in [-0.2, 0) is 4.74 Å². The summed E-state index contributed by atoms with van der Waals surface area (Å²) in [7, 11) is 0. The van der Waals surface area contributed by atoms with Gasteiger partial charge in [-0.05, 0) is 26.3 Å². The van der Waals surface area contributed by atoms with E-state index in [0.29, 0.717) is 12.5 Å². The fourth-order valence-electron chi connectivity index (χ4n) is 1.24. The first kappa shape index (κ1) is 8.33. The second kappa shape index (κ2) is 4.18. The van der Waals surface area contributed by atoms with Gasteiger partial charge < -0.3 is 15.3 Å². The standard InChI is InChI=1S/C7H14N2O2/c1-2-11-7(9-10)6-4-3-5-8-6/h6,8,10H,2-5H2,1H3/b9-7+/t6-/m0/s1. The molecule has 0 aromatic heterocycles. The van der Waals surface area contributed by atoms with E-state index in [0.717, 1.165) is 19.4 Å². The van der Waals surface area contributed by atoms with E-state index < -0.39 is 0 Å². The van der Waals surface area contributed by atoms with Gasteiger partial charge in [0.2, 0.25) is 5.90 Å². The Morgan fingerprint density at radius 3 is 3.09 bits per heavy atom. The predicted octanol–water partition coefficient (Wildman–Crippen LogP) is 0.563. The van der Waals surface area contributed by atoms with E-state index in [4.69, 9.17) is 9.94 Å². The molecule has 2 N–H and O–H groups in total. The third-order valence-corrected chi connectivity index (χ3v) is 1.75. The number of hydrogen-bond acceptors (Lipinski definition) is 4. The quantitative estimate of drug-likeness (QED) is 0.267. The molecule has 0 aromatic rings. The van der Waals surface area contributed by atoms with Crippen LogP contribution in [0.3, 0.4) is 0 Å². The van der Waals surface area contributed by atoms with Gasteiger partial charge >= 0.3 is 0 Å². The minimum absolute atomic E-state index is 0.125. The Morgan fingerprint density at radius 1 is 1.82 bits per heavy atom. The first-order valence-electron chi connectivity index (χ1n) is 3.96. The van der Waals surface area contributed by atoms with Gasteiger partial charge in [-0.25, -0.2) is 0 Å². The van der Waals surface area contributed by atoms with Gasteiger partial charge in [-0.15, -0.1) is 0 Å². The van der Waals surface area contributed by atoms with Crippen LogP contribution in [0.1, 0.15) is 19.8 Å². The van der Waals surface area contributed by atoms with Crippen LogP contribution in [0.2, 0.25) is 0 Å². The summed E-state index contributed by atoms with van der Waals surface area (Å²) in [5.41, 5.74) is 0. The monoisotopic (exact) mass is 158 g/mol. The number of ether oxygens (including phenoxy) is 1. The Morgan fingerprint density at radius 2 is 2.64 bits per heavy atom. The number of rotatable bonds is 2. The van der Waals surface area contributed by atoms with Gasteiger partial charge in [-0.2, -0.15) is 0 Å². The van der Waals surface area contributed by atoms with Gasteiger partial charge in [-0.3, -0.25) is 0 Å². The molecule has 0 spiro atoms. The van der Waals surface area contributed by atoms with Crippen molar-refractivity contribution < 1.29 is 9.94 Å². The topological polar surface area (TPSA) is 53.9 Å². The molecule has 1 fully saturated rings. The van der Waals surface area contributed by atoms with E-state index in [9.17, 15) is 0 Å². The first-order valence-corrected chi connectivity index (χ1v) is 3.96. The molecule has 64 valence electrons. The fourth-order valence-corrected chi connectivity index (χ4v) is 1.24. The number of hydrogen-bond donors (Lipinski definition) is 2. The van der Waals surface area contributed by atoms with Crippen LogP contribution in [0, 0.1) is 0 Å². The Kier molecular flexibility index (Phi) is 3.16. The van der Waals surface area contributed by atoms with Crippen LogP contribution >= 0.6 is 0 Å². The van der Waals surface area contributed by atoms with E-state index in [1.165, 1.54) is 0 Å². The van der Waals surface area contributed by atoms with E-state index in [2.05, 4.69) is 10.5 Å². The van der Waals surface area contributed by atoms with E-state index in [-0.39, 0.29) is 6.04 Å². The lowest BCUT2D eigenvalue weighted by Gasteiger charge is -2.11. The minimum atomic E-state index is 0.125. The van der Waals surface area contributed by atoms with Crippen LogP contribution in [0.15, 0.2) is 5.16 Å². The molecule has 4 nitrogen and oxygen atoms in total. The second-order valence-electron chi connectivity index (χ2n) is 2.52. The highest BCUT2D eigenvalue weighted by Crippen LogP contribution is 2.07. The van der Waals surface area contributed by atoms with E-state index in [1.54, 1.807) is 0 Å². The van der Waals surface area contributed by atoms with Gasteiger partial charge in [0.1, 0.15) is 0 Å². The Hall–Kier alpha value is -0.770. The minimum Gasteiger partial charge on any atom is -0.478 e. The molecule has 1 atom stereocenters. The highest BCUT2D eigenvalue weighted by molar-refractivity contribution is 5.81. The maximum atomic E-state index is 8.54. The zero-order valence-electron chi connectivity index (χ0n) is 6.71. The zero-order valence-corrected chi connectivity index (χ0v) is 6.71. The molecular weight excluding hydrogens is 144 g/mol. The van der Waals surface area contributed by atoms with Crippen LogP contribution in [-0.4, -0.2) is 30.3 Å². The summed E-state index contributed by atoms with van der Waals surface area (Å²) in [5.74, 6) is 0.421. The highest BCUT2D eigenvalue weighted by atomic mass is 16.5. The first-order chi connectivity index (χ1) is 5.38. The summed E-state index contributed by atoms with van der Waals surface area (Å²) >= 11 is 0. The van der Waals surface area contributed by atoms with Crippen molar-refractivity contribution in [2.75, 3.05) is 13.2 Å². The van der Waals surface area contributed by atoms with Crippen LogP contribution < -0.4 is 5.32 Å². The maximum absolute atomic E-state index is 8.54. The van der Waals surface area contributed by atoms with Gasteiger partial charge in [-0.1, -0.05) is 5.16 Å². The van der Waals surface area contributed by atoms with Crippen molar-refractivity contribution >= 4 is 5.90 Å². The van der Waals surface area contributed by atoms with Crippen molar-refractivity contribution in [2.24, 2.45) is 5.16 Å². The summed E-state index contributed by atoms with van der Waals surface area (Å²) in [4.78, 5) is 0. The molecule has 0 amide bonds. The third-order valence-electron chi connectivity index (χ3n) is 1.75. The summed E-state index contributed by atoms with van der Waals surface area (Å²) < 4.78 is 5.11. The molecule has 1 heterocycles. The molecule has 0 aliphatic carbocycles. The van der Waals surface area contributed by atoms with Crippen LogP contribution in [0.5, 0.6) is 0 Å². The largest absolute Gasteiger partial charge is 0.478 e. The van der Waals surface area contributed by atoms with Crippen molar-refractivity contribution in [3.05, 3.63) is 0 Å². The maximum Gasteiger partial charge on any atom is 0.242 e. The van der Waals surface area contributed by atoms with E-state index in [1.807, 2.05) is 6.92 Å². The molecule has 0 radical (unpaired) electrons. The fraction of sp³-hybridized carbons (Fsp3) is 0.857. The molecule has 1 aliphatic heterocycles. The van der Waals surface area contributed by atoms with Gasteiger partial charge in [0.25, 0.3) is 0 Å². The van der Waals surface area contributed by atoms with Crippen molar-refractivity contribution in [1.82, 2.24) is 5.32 Å². The molecule has 0 aromatic carbocycles. The summed E-state index contributed by atoms with van der Waals surface area (Å²) in [6, 6.07) is 0.125. The molecule has 4 heteroatoms. The molecule has 1 aliphatic rings. The molecule has 0 bridgehead atoms. The van der Waals surface area contributed by atoms with Crippen LogP contribution in [0.4, 0.5) is 0 Å². The zero-order chi connectivity index (χ0) is 8.10. The average molecular weight is 158 g/mol. The second-order valence-corrected chi connectivity index (χ2v) is 2.52. The van der Waals surface area contributed by atoms with Crippen molar-refractivity contribution in [2.45, 2.75) is 25.8 Å². The van der Waals surface area contributed by atoms with Crippen molar-refractivity contribution in [3.8, 4) is 0 Å². The summed E-state index contributed by atoms with van der Waals surface area (Å²) in [6.45, 7) is 3.41. The van der Waals surface area contributed by atoms with Crippen LogP contribution in [0.25, 0.3) is 0 Å². The Bertz CT molecular complexity index is 141. The Balaban J connectivity index is 2.41. The lowest BCUT2D eigenvalue weighted by atomic mass is 10.2. The molecule has 1 saturated heterocycles. The molecule has 1 rings (SSSR count). The lowest BCUT2D eigenvalue weighted by molar-refractivity contribution is 0.251. The van der Waals surface area contributed by atoms with Gasteiger partial charge in [0.05, 0.1) is 12.6 Å². The normalized spacial score (nSPS) is 25.5. The van der Waals surface area contributed by atoms with Gasteiger partial charge in [0, 0.05) is 0 Å². The Labute approximate surface area is 66.2 Å². The number of nitrogens with zero attached hydrogens (tertiary/aromatic N) is 1. The lowest BCUT2D eigenvalue weighted by Crippen LogP contribution is -2.32. The third kappa shape index (κ3) is 2.08. The molecule has 0 saturated carbocycles. The summed E-state index contributed by atoms with van der Waals surface area (Å²) in [5, 5.41) is 14.8. The highest BCUT2D eigenvalue weighted by Gasteiger charge is 2.21. The number of nitrogens with one attached hydrogen (secondary N) is 1. The predicted molar refractivity (Wildman–Crippen MR) is 41.9 cm³/mol. The van der Waals surface area contributed by atoms with E-state index >= 15 is 0 Å². The van der Waals surface area contributed by atoms with Crippen molar-refractivity contribution in [1.29, 1.82) is 0 Å².